The van der Waals surface area contributed by atoms with Gasteiger partial charge in [-0.1, -0.05) is 18.7 Å². The van der Waals surface area contributed by atoms with E-state index in [0.29, 0.717) is 0 Å². The van der Waals surface area contributed by atoms with Gasteiger partial charge in [0.05, 0.1) is 14.2 Å². The normalized spacial score (nSPS) is 25.2. The Balaban J connectivity index is 2.04. The number of phenols is 1. The lowest BCUT2D eigenvalue weighted by molar-refractivity contribution is -0.122. The maximum Gasteiger partial charge on any atom is 0.258 e. The average Bonchev–Trinajstić information content (AvgIpc) is 3.03. The van der Waals surface area contributed by atoms with Crippen molar-refractivity contribution < 1.29 is 46.1 Å². The van der Waals surface area contributed by atoms with Gasteiger partial charge < -0.3 is 14.6 Å². The summed E-state index contributed by atoms with van der Waals surface area (Å²) in [5.74, 6) is -17.3. The van der Waals surface area contributed by atoms with Crippen LogP contribution in [-0.2, 0) is 9.59 Å². The van der Waals surface area contributed by atoms with Gasteiger partial charge in [-0.3, -0.25) is 9.59 Å². The van der Waals surface area contributed by atoms with Gasteiger partial charge in [-0.25, -0.2) is 26.9 Å². The summed E-state index contributed by atoms with van der Waals surface area (Å²) >= 11 is 13.4. The molecule has 0 radical (unpaired) electrons. The number of benzene rings is 2. The number of hydrogen-bond donors (Lipinski definition) is 1. The number of methoxy groups -OCH3 is 2. The number of halogens is 7. The molecule has 0 spiro atoms. The van der Waals surface area contributed by atoms with E-state index in [4.69, 9.17) is 32.7 Å². The smallest absolute Gasteiger partial charge is 0.258 e. The summed E-state index contributed by atoms with van der Waals surface area (Å²) in [5, 5.41) is 10.9. The van der Waals surface area contributed by atoms with E-state index in [1.54, 1.807) is 0 Å². The second-order valence-corrected chi connectivity index (χ2v) is 9.43. The molecule has 196 valence electrons. The van der Waals surface area contributed by atoms with Crippen LogP contribution < -0.4 is 14.4 Å². The molecule has 2 aromatic rings. The van der Waals surface area contributed by atoms with Crippen LogP contribution in [0.2, 0.25) is 0 Å². The van der Waals surface area contributed by atoms with Crippen molar-refractivity contribution >= 4 is 40.7 Å². The predicted octanol–water partition coefficient (Wildman–Crippen LogP) is 5.23. The first-order valence-corrected chi connectivity index (χ1v) is 11.1. The summed E-state index contributed by atoms with van der Waals surface area (Å²) in [6.45, 7) is 3.64. The number of fused-ring (bicyclic) bond motifs is 1. The third-order valence-corrected chi connectivity index (χ3v) is 7.88. The summed E-state index contributed by atoms with van der Waals surface area (Å²) in [6.07, 6.45) is 2.10. The highest BCUT2D eigenvalue weighted by atomic mass is 35.5. The first-order chi connectivity index (χ1) is 17.3. The number of carbonyl (C=O) groups excluding carboxylic acids is 2. The molecule has 1 aliphatic carbocycles. The number of alkyl halides is 2. The molecule has 37 heavy (non-hydrogen) atoms. The van der Waals surface area contributed by atoms with Gasteiger partial charge in [-0.2, -0.15) is 0 Å². The van der Waals surface area contributed by atoms with E-state index in [9.17, 15) is 36.6 Å². The minimum atomic E-state index is -2.65. The minimum absolute atomic E-state index is 0.0783. The van der Waals surface area contributed by atoms with Crippen molar-refractivity contribution in [3.8, 4) is 17.2 Å². The second-order valence-electron chi connectivity index (χ2n) is 8.19. The average molecular weight is 564 g/mol. The standard InChI is InChI=1S/C24H16Cl2F5NO5/c1-4-9-5-6-23(25)21(34)32(20-18(30)16(28)15(27)17(29)19(20)31)22(35)24(23,26)14(9)13-11(33)7-10(36-2)8-12(13)37-3/h4-5,7-8,14,33H,1,6H2,2-3H3. The molecular formula is C24H16Cl2F5NO5. The molecule has 1 heterocycles. The van der Waals surface area contributed by atoms with E-state index in [1.807, 2.05) is 0 Å². The van der Waals surface area contributed by atoms with Gasteiger partial charge >= 0.3 is 0 Å². The third-order valence-electron chi connectivity index (χ3n) is 6.47. The number of aromatic hydroxyl groups is 1. The number of carbonyl (C=O) groups is 2. The topological polar surface area (TPSA) is 76.1 Å². The van der Waals surface area contributed by atoms with Gasteiger partial charge in [0.15, 0.2) is 33.0 Å². The van der Waals surface area contributed by atoms with Gasteiger partial charge in [-0.05, 0) is 12.0 Å². The summed E-state index contributed by atoms with van der Waals surface area (Å²) in [5.41, 5.74) is -1.84. The van der Waals surface area contributed by atoms with Crippen molar-refractivity contribution in [1.82, 2.24) is 0 Å². The van der Waals surface area contributed by atoms with Crippen molar-refractivity contribution in [1.29, 1.82) is 0 Å². The molecular weight excluding hydrogens is 548 g/mol. The first kappa shape index (κ1) is 26.7. The molecule has 1 aliphatic heterocycles. The quantitative estimate of drug-likeness (QED) is 0.177. The Morgan fingerprint density at radius 1 is 1.00 bits per heavy atom. The number of hydrogen-bond acceptors (Lipinski definition) is 5. The molecule has 0 bridgehead atoms. The molecule has 0 aromatic heterocycles. The fourth-order valence-corrected chi connectivity index (χ4v) is 5.50. The monoisotopic (exact) mass is 563 g/mol. The van der Waals surface area contributed by atoms with E-state index in [1.165, 1.54) is 32.4 Å². The lowest BCUT2D eigenvalue weighted by atomic mass is 9.68. The SMILES string of the molecule is C=CC1=CCC2(Cl)C(=O)N(c3c(F)c(F)c(F)c(F)c3F)C(=O)C2(Cl)C1c1c(O)cc(OC)cc1OC. The van der Waals surface area contributed by atoms with Crippen LogP contribution in [0.5, 0.6) is 17.2 Å². The highest BCUT2D eigenvalue weighted by Gasteiger charge is 2.74. The van der Waals surface area contributed by atoms with Gasteiger partial charge in [0.1, 0.15) is 22.9 Å². The number of allylic oxidation sites excluding steroid dienone is 3. The highest BCUT2D eigenvalue weighted by molar-refractivity contribution is 6.58. The number of phenolic OH excluding ortho intramolecular Hbond substituents is 1. The molecule has 2 amide bonds. The van der Waals surface area contributed by atoms with Crippen LogP contribution >= 0.6 is 23.2 Å². The highest BCUT2D eigenvalue weighted by Crippen LogP contribution is 2.62. The molecule has 3 unspecified atom stereocenters. The molecule has 1 fully saturated rings. The molecule has 1 N–H and O–H groups in total. The maximum absolute atomic E-state index is 14.7. The molecule has 2 aliphatic rings. The maximum atomic E-state index is 14.7. The van der Waals surface area contributed by atoms with Crippen molar-refractivity contribution in [3.05, 3.63) is 71.1 Å². The van der Waals surface area contributed by atoms with Crippen molar-refractivity contribution in [3.63, 3.8) is 0 Å². The lowest BCUT2D eigenvalue weighted by Gasteiger charge is -2.42. The molecule has 4 rings (SSSR count). The lowest BCUT2D eigenvalue weighted by Crippen LogP contribution is -2.55. The third kappa shape index (κ3) is 3.36. The van der Waals surface area contributed by atoms with Gasteiger partial charge in [0.2, 0.25) is 5.82 Å². The Morgan fingerprint density at radius 2 is 1.57 bits per heavy atom. The minimum Gasteiger partial charge on any atom is -0.507 e. The Bertz CT molecular complexity index is 1390. The summed E-state index contributed by atoms with van der Waals surface area (Å²) in [7, 11) is 2.52. The van der Waals surface area contributed by atoms with Crippen molar-refractivity contribution in [2.45, 2.75) is 22.1 Å². The summed E-state index contributed by atoms with van der Waals surface area (Å²) < 4.78 is 81.5. The summed E-state index contributed by atoms with van der Waals surface area (Å²) in [6, 6.07) is 2.47. The number of imide groups is 1. The predicted molar refractivity (Wildman–Crippen MR) is 123 cm³/mol. The van der Waals surface area contributed by atoms with Gasteiger partial charge in [0.25, 0.3) is 11.8 Å². The zero-order valence-electron chi connectivity index (χ0n) is 19.0. The van der Waals surface area contributed by atoms with Crippen molar-refractivity contribution in [2.24, 2.45) is 0 Å². The molecule has 0 saturated carbocycles. The number of ether oxygens (including phenoxy) is 2. The van der Waals surface area contributed by atoms with Crippen LogP contribution in [0.1, 0.15) is 17.9 Å². The Labute approximate surface area is 216 Å². The number of nitrogens with zero attached hydrogens (tertiary/aromatic N) is 1. The van der Waals surface area contributed by atoms with E-state index in [0.717, 1.165) is 6.07 Å². The van der Waals surface area contributed by atoms with Crippen LogP contribution in [0.15, 0.2) is 36.4 Å². The molecule has 13 heteroatoms. The number of rotatable bonds is 5. The number of anilines is 1. The van der Waals surface area contributed by atoms with Crippen LogP contribution in [0.3, 0.4) is 0 Å². The van der Waals surface area contributed by atoms with Crippen molar-refractivity contribution in [2.75, 3.05) is 19.1 Å². The van der Waals surface area contributed by atoms with E-state index < -0.39 is 74.4 Å². The molecule has 1 saturated heterocycles. The zero-order valence-corrected chi connectivity index (χ0v) is 20.5. The Hall–Kier alpha value is -3.31. The van der Waals surface area contributed by atoms with E-state index >= 15 is 0 Å². The van der Waals surface area contributed by atoms with Crippen LogP contribution in [0, 0.1) is 29.1 Å². The largest absolute Gasteiger partial charge is 0.507 e. The second kappa shape index (κ2) is 8.91. The molecule has 2 aromatic carbocycles. The first-order valence-electron chi connectivity index (χ1n) is 10.4. The molecule has 6 nitrogen and oxygen atoms in total. The fraction of sp³-hybridized carbons (Fsp3) is 0.250. The van der Waals surface area contributed by atoms with Crippen LogP contribution in [0.25, 0.3) is 0 Å². The van der Waals surface area contributed by atoms with Gasteiger partial charge in [0, 0.05) is 23.6 Å². The summed E-state index contributed by atoms with van der Waals surface area (Å²) in [4.78, 5) is 21.8. The number of amides is 2. The fourth-order valence-electron chi connectivity index (χ4n) is 4.68. The Kier molecular flexibility index (Phi) is 6.44. The van der Waals surface area contributed by atoms with E-state index in [-0.39, 0.29) is 27.5 Å². The Morgan fingerprint density at radius 3 is 2.08 bits per heavy atom. The van der Waals surface area contributed by atoms with Crippen LogP contribution in [0.4, 0.5) is 27.6 Å². The van der Waals surface area contributed by atoms with Gasteiger partial charge in [-0.15, -0.1) is 23.2 Å². The van der Waals surface area contributed by atoms with Crippen LogP contribution in [-0.4, -0.2) is 40.9 Å². The zero-order chi connectivity index (χ0) is 27.6. The molecule has 3 atom stereocenters. The van der Waals surface area contributed by atoms with E-state index in [2.05, 4.69) is 6.58 Å².